The summed E-state index contributed by atoms with van der Waals surface area (Å²) in [5.41, 5.74) is 7.78. The van der Waals surface area contributed by atoms with Crippen molar-refractivity contribution in [2.24, 2.45) is 0 Å². The Kier molecular flexibility index (Phi) is 4.21. The van der Waals surface area contributed by atoms with Gasteiger partial charge in [0.25, 0.3) is 0 Å². The zero-order chi connectivity index (χ0) is 15.9. The molecule has 0 atom stereocenters. The maximum Gasteiger partial charge on any atom is 0.152 e. The van der Waals surface area contributed by atoms with Gasteiger partial charge in [-0.25, -0.2) is 9.97 Å². The number of nitrogens with two attached hydrogens (primary N) is 1. The molecule has 0 saturated heterocycles. The van der Waals surface area contributed by atoms with E-state index in [0.29, 0.717) is 17.9 Å². The molecule has 0 fully saturated rings. The van der Waals surface area contributed by atoms with Crippen molar-refractivity contribution in [3.63, 3.8) is 0 Å². The summed E-state index contributed by atoms with van der Waals surface area (Å²) in [6.45, 7) is 4.06. The van der Waals surface area contributed by atoms with E-state index in [1.165, 1.54) is 0 Å². The van der Waals surface area contributed by atoms with Crippen LogP contribution in [0.2, 0.25) is 0 Å². The number of imidazole rings is 1. The number of para-hydroxylation sites is 1. The van der Waals surface area contributed by atoms with Crippen LogP contribution in [0.3, 0.4) is 0 Å². The zero-order valence-corrected chi connectivity index (χ0v) is 15.4. The van der Waals surface area contributed by atoms with Gasteiger partial charge in [0, 0.05) is 5.39 Å². The average Bonchev–Trinajstić information content (AvgIpc) is 2.77. The van der Waals surface area contributed by atoms with Crippen molar-refractivity contribution in [1.82, 2.24) is 14.5 Å². The molecule has 1 aromatic carbocycles. The number of aromatic nitrogens is 3. The number of benzene rings is 1. The number of nitrogens with zero attached hydrogens (tertiary/aromatic N) is 3. The van der Waals surface area contributed by atoms with Gasteiger partial charge in [-0.2, -0.15) is 0 Å². The van der Waals surface area contributed by atoms with Crippen LogP contribution in [0.25, 0.3) is 21.9 Å². The second-order valence-electron chi connectivity index (χ2n) is 5.89. The average molecular weight is 428 g/mol. The third kappa shape index (κ3) is 2.89. The van der Waals surface area contributed by atoms with Crippen LogP contribution in [0.1, 0.15) is 19.7 Å². The molecular formula is C15H17IN4OS. The van der Waals surface area contributed by atoms with Crippen molar-refractivity contribution in [3.8, 4) is 0 Å². The van der Waals surface area contributed by atoms with E-state index in [-0.39, 0.29) is 0 Å². The summed E-state index contributed by atoms with van der Waals surface area (Å²) >= 11 is 2.25. The molecule has 3 N–H and O–H groups in total. The molecule has 0 aliphatic rings. The van der Waals surface area contributed by atoms with E-state index in [9.17, 15) is 5.11 Å². The van der Waals surface area contributed by atoms with Gasteiger partial charge in [0.2, 0.25) is 0 Å². The molecule has 0 bridgehead atoms. The lowest BCUT2D eigenvalue weighted by Gasteiger charge is -2.20. The predicted octanol–water partition coefficient (Wildman–Crippen LogP) is 3.52. The largest absolute Gasteiger partial charge is 0.389 e. The van der Waals surface area contributed by atoms with Crippen LogP contribution in [0.15, 0.2) is 24.3 Å². The number of hydrogen-bond acceptors (Lipinski definition) is 5. The number of halogens is 1. The number of nitrogen functional groups attached to an aromatic ring is 1. The number of hydrogen-bond donors (Lipinski definition) is 2. The fourth-order valence-electron chi connectivity index (χ4n) is 2.62. The van der Waals surface area contributed by atoms with Crippen molar-refractivity contribution in [2.75, 3.05) is 5.73 Å². The van der Waals surface area contributed by atoms with Crippen LogP contribution in [0.4, 0.5) is 5.82 Å². The van der Waals surface area contributed by atoms with E-state index < -0.39 is 5.60 Å². The lowest BCUT2D eigenvalue weighted by atomic mass is 10.1. The highest BCUT2D eigenvalue weighted by molar-refractivity contribution is 14.2. The quantitative estimate of drug-likeness (QED) is 0.622. The maximum atomic E-state index is 10.3. The van der Waals surface area contributed by atoms with Crippen LogP contribution in [0.5, 0.6) is 0 Å². The third-order valence-corrected chi connectivity index (χ3v) is 4.72. The van der Waals surface area contributed by atoms with E-state index in [0.717, 1.165) is 28.0 Å². The highest BCUT2D eigenvalue weighted by atomic mass is 127. The van der Waals surface area contributed by atoms with E-state index >= 15 is 0 Å². The van der Waals surface area contributed by atoms with Crippen molar-refractivity contribution < 1.29 is 5.11 Å². The fraction of sp³-hybridized carbons (Fsp3) is 0.333. The van der Waals surface area contributed by atoms with Crippen LogP contribution in [0, 0.1) is 0 Å². The van der Waals surface area contributed by atoms with E-state index in [2.05, 4.69) is 35.7 Å². The van der Waals surface area contributed by atoms with Gasteiger partial charge in [-0.3, -0.25) is 0 Å². The molecule has 0 unspecified atom stereocenters. The molecule has 22 heavy (non-hydrogen) atoms. The predicted molar refractivity (Wildman–Crippen MR) is 101 cm³/mol. The molecule has 0 saturated carbocycles. The van der Waals surface area contributed by atoms with Gasteiger partial charge in [-0.1, -0.05) is 27.1 Å². The highest BCUT2D eigenvalue weighted by Crippen LogP contribution is 2.31. The van der Waals surface area contributed by atoms with Gasteiger partial charge < -0.3 is 15.4 Å². The van der Waals surface area contributed by atoms with Gasteiger partial charge in [0.15, 0.2) is 5.82 Å². The monoisotopic (exact) mass is 428 g/mol. The maximum absolute atomic E-state index is 10.3. The summed E-state index contributed by atoms with van der Waals surface area (Å²) in [5, 5.41) is 11.3. The van der Waals surface area contributed by atoms with E-state index in [1.807, 2.05) is 24.3 Å². The molecule has 0 radical (unpaired) electrons. The van der Waals surface area contributed by atoms with Gasteiger partial charge in [0.05, 0.1) is 28.9 Å². The number of rotatable bonds is 4. The van der Waals surface area contributed by atoms with Crippen molar-refractivity contribution in [3.05, 3.63) is 30.1 Å². The molecule has 0 spiro atoms. The molecular weight excluding hydrogens is 411 g/mol. The smallest absolute Gasteiger partial charge is 0.152 e. The van der Waals surface area contributed by atoms with Crippen LogP contribution < -0.4 is 5.73 Å². The molecule has 0 amide bonds. The molecule has 116 valence electrons. The van der Waals surface area contributed by atoms with Gasteiger partial charge in [-0.15, -0.1) is 0 Å². The molecule has 3 rings (SSSR count). The Hall–Kier alpha value is -1.06. The number of fused-ring (bicyclic) bond motifs is 3. The third-order valence-electron chi connectivity index (χ3n) is 3.42. The standard InChI is InChI=1S/C15H17IN4OS/c1-15(2,21)8-20-11(7-22-16)19-12-13(20)9-5-3-4-6-10(9)18-14(12)17/h3-6,21H,7-8H2,1-2H3,(H2,17,18). The first kappa shape index (κ1) is 15.8. The Morgan fingerprint density at radius 1 is 1.32 bits per heavy atom. The molecule has 0 aliphatic carbocycles. The summed E-state index contributed by atoms with van der Waals surface area (Å²) in [4.78, 5) is 9.12. The van der Waals surface area contributed by atoms with Crippen LogP contribution in [-0.4, -0.2) is 25.2 Å². The number of pyridine rings is 1. The second-order valence-corrected chi connectivity index (χ2v) is 8.27. The van der Waals surface area contributed by atoms with E-state index in [1.54, 1.807) is 22.8 Å². The summed E-state index contributed by atoms with van der Waals surface area (Å²) in [6.07, 6.45) is 0. The Bertz CT molecular complexity index is 841. The van der Waals surface area contributed by atoms with E-state index in [4.69, 9.17) is 5.73 Å². The van der Waals surface area contributed by atoms with Gasteiger partial charge >= 0.3 is 0 Å². The molecule has 2 aromatic heterocycles. The second kappa shape index (κ2) is 5.86. The molecule has 0 aliphatic heterocycles. The Balaban J connectivity index is 2.39. The molecule has 5 nitrogen and oxygen atoms in total. The normalized spacial score (nSPS) is 12.4. The molecule has 2 heterocycles. The zero-order valence-electron chi connectivity index (χ0n) is 12.4. The molecule has 3 aromatic rings. The minimum Gasteiger partial charge on any atom is -0.389 e. The first-order valence-electron chi connectivity index (χ1n) is 6.90. The molecule has 7 heteroatoms. The van der Waals surface area contributed by atoms with Crippen molar-refractivity contribution in [1.29, 1.82) is 0 Å². The SMILES string of the molecule is CC(C)(O)Cn1c(CSI)nc2c(N)nc3ccccc3c21. The van der Waals surface area contributed by atoms with Crippen molar-refractivity contribution in [2.45, 2.75) is 31.7 Å². The first-order valence-corrected chi connectivity index (χ1v) is 10.4. The lowest BCUT2D eigenvalue weighted by molar-refractivity contribution is 0.0621. The van der Waals surface area contributed by atoms with Crippen LogP contribution >= 0.6 is 30.1 Å². The minimum atomic E-state index is -0.836. The van der Waals surface area contributed by atoms with Crippen LogP contribution in [-0.2, 0) is 12.3 Å². The summed E-state index contributed by atoms with van der Waals surface area (Å²) < 4.78 is 2.07. The lowest BCUT2D eigenvalue weighted by Crippen LogP contribution is -2.27. The van der Waals surface area contributed by atoms with Crippen molar-refractivity contribution >= 4 is 57.9 Å². The summed E-state index contributed by atoms with van der Waals surface area (Å²) in [7, 11) is 1.67. The highest BCUT2D eigenvalue weighted by Gasteiger charge is 2.22. The number of aliphatic hydroxyl groups is 1. The Morgan fingerprint density at radius 2 is 2.05 bits per heavy atom. The van der Waals surface area contributed by atoms with Gasteiger partial charge in [-0.05, 0) is 41.1 Å². The first-order chi connectivity index (χ1) is 10.4. The van der Waals surface area contributed by atoms with Gasteiger partial charge in [0.1, 0.15) is 11.3 Å². The minimum absolute atomic E-state index is 0.433. The number of anilines is 1. The fourth-order valence-corrected chi connectivity index (χ4v) is 3.77. The Labute approximate surface area is 144 Å². The summed E-state index contributed by atoms with van der Waals surface area (Å²) in [6, 6.07) is 7.89. The summed E-state index contributed by atoms with van der Waals surface area (Å²) in [5.74, 6) is 2.09. The topological polar surface area (TPSA) is 77.0 Å². The Morgan fingerprint density at radius 3 is 2.73 bits per heavy atom.